The predicted octanol–water partition coefficient (Wildman–Crippen LogP) is 0.665. The fourth-order valence-corrected chi connectivity index (χ4v) is 6.14. The summed E-state index contributed by atoms with van der Waals surface area (Å²) in [5.41, 5.74) is 1.66. The number of Topliss-reactive ketones (excluding diaryl/α,β-unsaturated/α-hetero) is 4. The fourth-order valence-electron chi connectivity index (χ4n) is 6.14. The number of fused-ring (bicyclic) bond motifs is 2. The van der Waals surface area contributed by atoms with Gasteiger partial charge in [-0.15, -0.1) is 0 Å². The smallest absolute Gasteiger partial charge is 0.325 e. The van der Waals surface area contributed by atoms with Gasteiger partial charge >= 0.3 is 5.97 Å². The van der Waals surface area contributed by atoms with E-state index in [0.29, 0.717) is 0 Å². The molecular formula is C35H42N2O14. The summed E-state index contributed by atoms with van der Waals surface area (Å²) in [7, 11) is 1.29. The molecule has 1 saturated heterocycles. The number of esters is 1. The molecule has 1 aromatic rings. The van der Waals surface area contributed by atoms with Crippen molar-refractivity contribution in [1.29, 1.82) is 0 Å². The number of hydrogen-bond donors (Lipinski definition) is 6. The quantitative estimate of drug-likeness (QED) is 0.105. The van der Waals surface area contributed by atoms with Gasteiger partial charge in [-0.2, -0.15) is 0 Å². The number of nitrogens with one attached hydrogen (secondary N) is 1. The first kappa shape index (κ1) is 39.1. The lowest BCUT2D eigenvalue weighted by molar-refractivity contribution is -0.247. The third-order valence-electron chi connectivity index (χ3n) is 8.97. The Morgan fingerprint density at radius 3 is 2.49 bits per heavy atom. The standard InChI is InChI=1S/C35H42N2O14/c1-16(38)9-10-25(41)37-14-26(42)49-15-24(40)35(47)12-19-28(23(13-35)51-27-11-20(36)32(44)18(3)50-27)34(46)30-29(33(19)45)21(39)7-5-6-8-22(48-4)17(2)31(30)43/h5-6,8,18,20,23,27,32,44-47H,2,7,9-15,36H2,1,3-4H3,(H,37,41)/b6-5-,22-8+/t18?,20?,23-,27?,32?,35-/m0/s1. The Bertz CT molecular complexity index is 1680. The maximum Gasteiger partial charge on any atom is 0.325 e. The van der Waals surface area contributed by atoms with Crippen LogP contribution in [0.15, 0.2) is 36.1 Å². The number of aromatic hydroxyl groups is 2. The summed E-state index contributed by atoms with van der Waals surface area (Å²) in [4.78, 5) is 76.1. The van der Waals surface area contributed by atoms with Gasteiger partial charge in [0, 0.05) is 55.7 Å². The monoisotopic (exact) mass is 714 g/mol. The van der Waals surface area contributed by atoms with E-state index in [1.54, 1.807) is 0 Å². The molecule has 1 fully saturated rings. The van der Waals surface area contributed by atoms with Crippen molar-refractivity contribution in [2.75, 3.05) is 20.3 Å². The summed E-state index contributed by atoms with van der Waals surface area (Å²) in [6.07, 6.45) is -2.18. The van der Waals surface area contributed by atoms with Crippen LogP contribution in [0.5, 0.6) is 11.5 Å². The summed E-state index contributed by atoms with van der Waals surface area (Å²) in [6.45, 7) is 4.98. The zero-order valence-corrected chi connectivity index (χ0v) is 28.4. The Labute approximate surface area is 292 Å². The van der Waals surface area contributed by atoms with E-state index < -0.39 is 114 Å². The molecule has 4 unspecified atom stereocenters. The normalized spacial score (nSPS) is 28.0. The lowest BCUT2D eigenvalue weighted by atomic mass is 9.73. The molecule has 1 aromatic carbocycles. The Hall–Kier alpha value is -4.74. The number of hydrogen-bond acceptors (Lipinski definition) is 15. The lowest BCUT2D eigenvalue weighted by Crippen LogP contribution is -2.53. The molecule has 16 nitrogen and oxygen atoms in total. The average molecular weight is 715 g/mol. The number of phenols is 2. The molecule has 0 saturated carbocycles. The SMILES string of the molecule is C=C1C(=O)c2c(O)c3c(c(O)c2C(=O)C/C=C\C=C/1OC)C[C@@](O)(C(=O)COC(=O)CNC(=O)CCC(C)=O)C[C@@H]3OC1CC(N)C(O)C(C)O1. The van der Waals surface area contributed by atoms with Crippen molar-refractivity contribution in [3.63, 3.8) is 0 Å². The number of allylic oxidation sites excluding steroid dienone is 4. The molecular weight excluding hydrogens is 672 g/mol. The molecule has 0 bridgehead atoms. The van der Waals surface area contributed by atoms with E-state index in [2.05, 4.69) is 11.9 Å². The topological polar surface area (TPSA) is 258 Å². The predicted molar refractivity (Wildman–Crippen MR) is 175 cm³/mol. The summed E-state index contributed by atoms with van der Waals surface area (Å²) < 4.78 is 22.2. The van der Waals surface area contributed by atoms with Crippen LogP contribution < -0.4 is 11.1 Å². The Morgan fingerprint density at radius 1 is 1.14 bits per heavy atom. The van der Waals surface area contributed by atoms with Crippen LogP contribution in [0.2, 0.25) is 0 Å². The van der Waals surface area contributed by atoms with Crippen LogP contribution in [0, 0.1) is 0 Å². The van der Waals surface area contributed by atoms with E-state index in [0.717, 1.165) is 0 Å². The van der Waals surface area contributed by atoms with Crippen LogP contribution in [0.4, 0.5) is 0 Å². The Morgan fingerprint density at radius 2 is 1.84 bits per heavy atom. The number of carbonyl (C=O) groups is 6. The van der Waals surface area contributed by atoms with Gasteiger partial charge in [-0.05, 0) is 19.9 Å². The van der Waals surface area contributed by atoms with E-state index in [4.69, 9.17) is 24.7 Å². The number of aliphatic hydroxyl groups is 2. The Balaban J connectivity index is 1.73. The van der Waals surface area contributed by atoms with Crippen LogP contribution in [-0.2, 0) is 44.5 Å². The highest BCUT2D eigenvalue weighted by Crippen LogP contribution is 2.51. The van der Waals surface area contributed by atoms with Crippen LogP contribution >= 0.6 is 0 Å². The highest BCUT2D eigenvalue weighted by Gasteiger charge is 2.49. The van der Waals surface area contributed by atoms with E-state index in [-0.39, 0.29) is 53.9 Å². The minimum Gasteiger partial charge on any atom is -0.507 e. The molecule has 0 spiro atoms. The molecule has 0 aromatic heterocycles. The Kier molecular flexibility index (Phi) is 12.3. The first-order valence-corrected chi connectivity index (χ1v) is 16.2. The van der Waals surface area contributed by atoms with Gasteiger partial charge in [0.25, 0.3) is 0 Å². The molecule has 51 heavy (non-hydrogen) atoms. The molecule has 1 amide bonds. The number of rotatable bonds is 11. The van der Waals surface area contributed by atoms with Crippen LogP contribution in [-0.4, -0.2) is 106 Å². The minimum atomic E-state index is -2.44. The summed E-state index contributed by atoms with van der Waals surface area (Å²) >= 11 is 0. The fraction of sp³-hybridized carbons (Fsp3) is 0.486. The van der Waals surface area contributed by atoms with Gasteiger partial charge in [0.05, 0.1) is 42.1 Å². The van der Waals surface area contributed by atoms with Crippen molar-refractivity contribution in [2.45, 2.75) is 88.6 Å². The minimum absolute atomic E-state index is 0.0169. The van der Waals surface area contributed by atoms with E-state index in [1.165, 1.54) is 39.2 Å². The lowest BCUT2D eigenvalue weighted by Gasteiger charge is -2.42. The van der Waals surface area contributed by atoms with Crippen molar-refractivity contribution in [3.8, 4) is 11.5 Å². The largest absolute Gasteiger partial charge is 0.507 e. The highest BCUT2D eigenvalue weighted by molar-refractivity contribution is 6.20. The van der Waals surface area contributed by atoms with Crippen molar-refractivity contribution in [1.82, 2.24) is 5.32 Å². The highest BCUT2D eigenvalue weighted by atomic mass is 16.7. The van der Waals surface area contributed by atoms with Crippen molar-refractivity contribution < 1.29 is 68.1 Å². The van der Waals surface area contributed by atoms with Crippen LogP contribution in [0.1, 0.15) is 83.9 Å². The molecule has 3 aliphatic rings. The van der Waals surface area contributed by atoms with Gasteiger partial charge in [0.1, 0.15) is 35.2 Å². The second-order valence-corrected chi connectivity index (χ2v) is 12.7. The number of benzene rings is 1. The third-order valence-corrected chi connectivity index (χ3v) is 8.97. The second-order valence-electron chi connectivity index (χ2n) is 12.7. The second kappa shape index (κ2) is 16.1. The van der Waals surface area contributed by atoms with Gasteiger partial charge in [0.2, 0.25) is 17.5 Å². The maximum atomic E-state index is 13.8. The number of aliphatic hydroxyl groups excluding tert-OH is 1. The summed E-state index contributed by atoms with van der Waals surface area (Å²) in [5, 5.41) is 47.8. The zero-order chi connectivity index (χ0) is 37.8. The first-order chi connectivity index (χ1) is 24.0. The average Bonchev–Trinajstić information content (AvgIpc) is 3.07. The van der Waals surface area contributed by atoms with E-state index in [1.807, 2.05) is 0 Å². The van der Waals surface area contributed by atoms with Gasteiger partial charge in [-0.1, -0.05) is 18.7 Å². The van der Waals surface area contributed by atoms with Crippen LogP contribution in [0.3, 0.4) is 0 Å². The van der Waals surface area contributed by atoms with E-state index >= 15 is 0 Å². The van der Waals surface area contributed by atoms with E-state index in [9.17, 15) is 49.2 Å². The van der Waals surface area contributed by atoms with Crippen molar-refractivity contribution in [2.24, 2.45) is 5.73 Å². The molecule has 276 valence electrons. The number of ether oxygens (including phenoxy) is 4. The van der Waals surface area contributed by atoms with Gasteiger partial charge in [0.15, 0.2) is 18.7 Å². The van der Waals surface area contributed by atoms with Gasteiger partial charge < -0.3 is 55.2 Å². The maximum absolute atomic E-state index is 13.8. The number of amides is 1. The number of nitrogens with two attached hydrogens (primary N) is 1. The zero-order valence-electron chi connectivity index (χ0n) is 28.4. The third kappa shape index (κ3) is 8.60. The molecule has 16 heteroatoms. The molecule has 0 radical (unpaired) electrons. The van der Waals surface area contributed by atoms with Crippen molar-refractivity contribution >= 4 is 35.0 Å². The summed E-state index contributed by atoms with van der Waals surface area (Å²) in [6, 6.07) is -0.815. The summed E-state index contributed by atoms with van der Waals surface area (Å²) in [5.74, 6) is -6.22. The number of carbonyl (C=O) groups excluding carboxylic acids is 6. The number of ketones is 4. The van der Waals surface area contributed by atoms with Gasteiger partial charge in [-0.3, -0.25) is 24.0 Å². The number of methoxy groups -OCH3 is 1. The molecule has 1 heterocycles. The van der Waals surface area contributed by atoms with Gasteiger partial charge in [-0.25, -0.2) is 0 Å². The van der Waals surface area contributed by atoms with Crippen LogP contribution in [0.25, 0.3) is 0 Å². The molecule has 6 atom stereocenters. The molecule has 2 aliphatic carbocycles. The molecule has 4 rings (SSSR count). The number of phenolic OH excluding ortho intramolecular Hbond substituents is 2. The van der Waals surface area contributed by atoms with Crippen molar-refractivity contribution in [3.05, 3.63) is 58.4 Å². The first-order valence-electron chi connectivity index (χ1n) is 16.2. The molecule has 7 N–H and O–H groups in total. The molecule has 1 aliphatic heterocycles.